The summed E-state index contributed by atoms with van der Waals surface area (Å²) in [5.74, 6) is 1.07. The summed E-state index contributed by atoms with van der Waals surface area (Å²) in [6.07, 6.45) is 0. The highest BCUT2D eigenvalue weighted by Crippen LogP contribution is 2.30. The lowest BCUT2D eigenvalue weighted by molar-refractivity contribution is 0.102. The minimum atomic E-state index is -0.317. The molecule has 0 fully saturated rings. The molecule has 0 aliphatic heterocycles. The van der Waals surface area contributed by atoms with Crippen molar-refractivity contribution in [3.05, 3.63) is 59.4 Å². The second kappa shape index (κ2) is 8.83. The first-order valence-electron chi connectivity index (χ1n) is 7.83. The number of amides is 1. The van der Waals surface area contributed by atoms with E-state index in [0.29, 0.717) is 32.3 Å². The fourth-order valence-electron chi connectivity index (χ4n) is 2.19. The SMILES string of the molecule is COc1ccc(C(=O)Nc2nnc(SCc3ccc(F)cc3)s2)cc1OC. The molecule has 0 saturated heterocycles. The second-order valence-corrected chi connectivity index (χ2v) is 7.51. The minimum Gasteiger partial charge on any atom is -0.493 e. The van der Waals surface area contributed by atoms with Gasteiger partial charge in [-0.15, -0.1) is 10.2 Å². The van der Waals surface area contributed by atoms with Gasteiger partial charge in [-0.1, -0.05) is 35.2 Å². The van der Waals surface area contributed by atoms with E-state index in [0.717, 1.165) is 5.56 Å². The fraction of sp³-hybridized carbons (Fsp3) is 0.167. The largest absolute Gasteiger partial charge is 0.493 e. The molecular weight excluding hydrogens is 389 g/mol. The molecule has 0 radical (unpaired) electrons. The third-order valence-electron chi connectivity index (χ3n) is 3.55. The van der Waals surface area contributed by atoms with Gasteiger partial charge in [0, 0.05) is 11.3 Å². The number of hydrogen-bond donors (Lipinski definition) is 1. The summed E-state index contributed by atoms with van der Waals surface area (Å²) in [6, 6.07) is 11.2. The third kappa shape index (κ3) is 4.95. The lowest BCUT2D eigenvalue weighted by Crippen LogP contribution is -2.11. The van der Waals surface area contributed by atoms with E-state index in [-0.39, 0.29) is 11.7 Å². The van der Waals surface area contributed by atoms with Crippen LogP contribution in [0.4, 0.5) is 9.52 Å². The van der Waals surface area contributed by atoms with Gasteiger partial charge in [0.2, 0.25) is 5.13 Å². The number of nitrogens with zero attached hydrogens (tertiary/aromatic N) is 2. The van der Waals surface area contributed by atoms with Crippen LogP contribution in [-0.2, 0) is 5.75 Å². The highest BCUT2D eigenvalue weighted by molar-refractivity contribution is 8.00. The normalized spacial score (nSPS) is 10.5. The summed E-state index contributed by atoms with van der Waals surface area (Å²) in [4.78, 5) is 12.4. The first-order valence-corrected chi connectivity index (χ1v) is 9.63. The molecule has 1 amide bonds. The van der Waals surface area contributed by atoms with E-state index in [1.807, 2.05) is 0 Å². The molecule has 0 saturated carbocycles. The molecule has 0 unspecified atom stereocenters. The van der Waals surface area contributed by atoms with Crippen LogP contribution in [0.15, 0.2) is 46.8 Å². The molecule has 140 valence electrons. The monoisotopic (exact) mass is 405 g/mol. The molecule has 6 nitrogen and oxygen atoms in total. The Morgan fingerprint density at radius 3 is 2.56 bits per heavy atom. The molecule has 0 aliphatic rings. The van der Waals surface area contributed by atoms with Gasteiger partial charge < -0.3 is 9.47 Å². The Morgan fingerprint density at radius 1 is 1.11 bits per heavy atom. The Morgan fingerprint density at radius 2 is 1.85 bits per heavy atom. The van der Waals surface area contributed by atoms with Gasteiger partial charge in [-0.3, -0.25) is 10.1 Å². The second-order valence-electron chi connectivity index (χ2n) is 5.31. The van der Waals surface area contributed by atoms with Crippen molar-refractivity contribution in [2.75, 3.05) is 19.5 Å². The Kier molecular flexibility index (Phi) is 6.25. The topological polar surface area (TPSA) is 73.3 Å². The van der Waals surface area contributed by atoms with E-state index >= 15 is 0 Å². The predicted molar refractivity (Wildman–Crippen MR) is 103 cm³/mol. The van der Waals surface area contributed by atoms with Gasteiger partial charge in [-0.25, -0.2) is 4.39 Å². The highest BCUT2D eigenvalue weighted by atomic mass is 32.2. The van der Waals surface area contributed by atoms with E-state index < -0.39 is 0 Å². The van der Waals surface area contributed by atoms with Gasteiger partial charge in [-0.2, -0.15) is 0 Å². The number of nitrogens with one attached hydrogen (secondary N) is 1. The van der Waals surface area contributed by atoms with Crippen LogP contribution in [0.3, 0.4) is 0 Å². The number of thioether (sulfide) groups is 1. The fourth-order valence-corrected chi connectivity index (χ4v) is 3.89. The zero-order valence-electron chi connectivity index (χ0n) is 14.6. The number of methoxy groups -OCH3 is 2. The van der Waals surface area contributed by atoms with Crippen molar-refractivity contribution in [2.45, 2.75) is 10.1 Å². The molecule has 0 atom stereocenters. The number of anilines is 1. The number of carbonyl (C=O) groups is 1. The maximum Gasteiger partial charge on any atom is 0.257 e. The first kappa shape index (κ1) is 19.1. The maximum atomic E-state index is 12.9. The van der Waals surface area contributed by atoms with Crippen molar-refractivity contribution >= 4 is 34.1 Å². The molecule has 3 aromatic rings. The van der Waals surface area contributed by atoms with Gasteiger partial charge in [0.15, 0.2) is 15.8 Å². The van der Waals surface area contributed by atoms with E-state index in [2.05, 4.69) is 15.5 Å². The average Bonchev–Trinajstić information content (AvgIpc) is 3.14. The van der Waals surface area contributed by atoms with E-state index in [1.54, 1.807) is 30.3 Å². The van der Waals surface area contributed by atoms with Gasteiger partial charge in [0.1, 0.15) is 5.82 Å². The summed E-state index contributed by atoms with van der Waals surface area (Å²) < 4.78 is 24.0. The maximum absolute atomic E-state index is 12.9. The van der Waals surface area contributed by atoms with Gasteiger partial charge >= 0.3 is 0 Å². The van der Waals surface area contributed by atoms with Crippen LogP contribution in [0.2, 0.25) is 0 Å². The molecule has 27 heavy (non-hydrogen) atoms. The van der Waals surface area contributed by atoms with E-state index in [4.69, 9.17) is 9.47 Å². The molecule has 1 aromatic heterocycles. The highest BCUT2D eigenvalue weighted by Gasteiger charge is 2.13. The van der Waals surface area contributed by atoms with Gasteiger partial charge in [-0.05, 0) is 35.9 Å². The van der Waals surface area contributed by atoms with E-state index in [1.165, 1.54) is 49.5 Å². The molecule has 0 bridgehead atoms. The van der Waals surface area contributed by atoms with Crippen molar-refractivity contribution in [1.82, 2.24) is 10.2 Å². The smallest absolute Gasteiger partial charge is 0.257 e. The number of carbonyl (C=O) groups excluding carboxylic acids is 1. The Bertz CT molecular complexity index is 932. The van der Waals surface area contributed by atoms with Crippen LogP contribution in [0, 0.1) is 5.82 Å². The quantitative estimate of drug-likeness (QED) is 0.468. The molecule has 2 aromatic carbocycles. The molecule has 1 N–H and O–H groups in total. The van der Waals surface area contributed by atoms with Crippen LogP contribution >= 0.6 is 23.1 Å². The summed E-state index contributed by atoms with van der Waals surface area (Å²) in [6.45, 7) is 0. The third-order valence-corrected chi connectivity index (χ3v) is 5.59. The van der Waals surface area contributed by atoms with Crippen LogP contribution in [-0.4, -0.2) is 30.3 Å². The Labute approximate surface area is 163 Å². The number of aromatic nitrogens is 2. The van der Waals surface area contributed by atoms with Crippen molar-refractivity contribution in [2.24, 2.45) is 0 Å². The Hall–Kier alpha value is -2.65. The summed E-state index contributed by atoms with van der Waals surface area (Å²) in [5, 5.41) is 11.2. The molecular formula is C18H16FN3O3S2. The zero-order valence-corrected chi connectivity index (χ0v) is 16.2. The number of halogens is 1. The molecule has 3 rings (SSSR count). The van der Waals surface area contributed by atoms with Crippen LogP contribution in [0.25, 0.3) is 0 Å². The average molecular weight is 405 g/mol. The van der Waals surface area contributed by atoms with Gasteiger partial charge in [0.05, 0.1) is 14.2 Å². The van der Waals surface area contributed by atoms with E-state index in [9.17, 15) is 9.18 Å². The standard InChI is InChI=1S/C18H16FN3O3S2/c1-24-14-8-5-12(9-15(14)25-2)16(23)20-17-21-22-18(27-17)26-10-11-3-6-13(19)7-4-11/h3-9H,10H2,1-2H3,(H,20,21,23). The molecule has 0 spiro atoms. The number of hydrogen-bond acceptors (Lipinski definition) is 7. The van der Waals surface area contributed by atoms with Crippen LogP contribution in [0.1, 0.15) is 15.9 Å². The van der Waals surface area contributed by atoms with Crippen molar-refractivity contribution < 1.29 is 18.7 Å². The summed E-state index contributed by atoms with van der Waals surface area (Å²) in [5.41, 5.74) is 1.40. The predicted octanol–water partition coefficient (Wildman–Crippen LogP) is 4.24. The first-order chi connectivity index (χ1) is 13.1. The number of rotatable bonds is 7. The number of ether oxygens (including phenoxy) is 2. The van der Waals surface area contributed by atoms with Crippen molar-refractivity contribution in [3.63, 3.8) is 0 Å². The summed E-state index contributed by atoms with van der Waals surface area (Å²) in [7, 11) is 3.04. The van der Waals surface area contributed by atoms with Crippen molar-refractivity contribution in [1.29, 1.82) is 0 Å². The minimum absolute atomic E-state index is 0.264. The Balaban J connectivity index is 1.61. The molecule has 1 heterocycles. The van der Waals surface area contributed by atoms with Crippen LogP contribution < -0.4 is 14.8 Å². The molecule has 9 heteroatoms. The lowest BCUT2D eigenvalue weighted by atomic mass is 10.2. The zero-order chi connectivity index (χ0) is 19.2. The van der Waals surface area contributed by atoms with Crippen molar-refractivity contribution in [3.8, 4) is 11.5 Å². The molecule has 0 aliphatic carbocycles. The number of benzene rings is 2. The lowest BCUT2D eigenvalue weighted by Gasteiger charge is -2.08. The van der Waals surface area contributed by atoms with Gasteiger partial charge in [0.25, 0.3) is 5.91 Å². The van der Waals surface area contributed by atoms with Crippen LogP contribution in [0.5, 0.6) is 11.5 Å². The summed E-state index contributed by atoms with van der Waals surface area (Å²) >= 11 is 2.74.